The van der Waals surface area contributed by atoms with E-state index in [1.165, 1.54) is 13.3 Å². The number of carbonyl (C=O) groups excluding carboxylic acids is 3. The van der Waals surface area contributed by atoms with Gasteiger partial charge in [-0.1, -0.05) is 46.5 Å². The first kappa shape index (κ1) is 23.6. The summed E-state index contributed by atoms with van der Waals surface area (Å²) >= 11 is 0. The van der Waals surface area contributed by atoms with Gasteiger partial charge < -0.3 is 10.6 Å². The van der Waals surface area contributed by atoms with Gasteiger partial charge in [0.1, 0.15) is 0 Å². The van der Waals surface area contributed by atoms with Crippen LogP contribution in [0.15, 0.2) is 0 Å². The molecular formula is C22H40N2O3. The first-order chi connectivity index (χ1) is 12.7. The van der Waals surface area contributed by atoms with Gasteiger partial charge in [0.2, 0.25) is 11.8 Å². The molecule has 5 nitrogen and oxygen atoms in total. The lowest BCUT2D eigenvalue weighted by Gasteiger charge is -2.25. The van der Waals surface area contributed by atoms with E-state index in [9.17, 15) is 14.4 Å². The molecule has 2 N–H and O–H groups in total. The van der Waals surface area contributed by atoms with Crippen LogP contribution in [0.2, 0.25) is 0 Å². The maximum atomic E-state index is 12.7. The van der Waals surface area contributed by atoms with Crippen LogP contribution in [0.25, 0.3) is 0 Å². The summed E-state index contributed by atoms with van der Waals surface area (Å²) in [6, 6.07) is -0.393. The molecule has 0 heterocycles. The van der Waals surface area contributed by atoms with E-state index in [0.29, 0.717) is 24.2 Å². The fourth-order valence-electron chi connectivity index (χ4n) is 4.23. The molecule has 0 spiro atoms. The molecule has 2 amide bonds. The summed E-state index contributed by atoms with van der Waals surface area (Å²) in [6.45, 7) is 10.4. The summed E-state index contributed by atoms with van der Waals surface area (Å²) in [4.78, 5) is 35.7. The first-order valence-electron chi connectivity index (χ1n) is 10.8. The highest BCUT2D eigenvalue weighted by atomic mass is 16.2. The fourth-order valence-corrected chi connectivity index (χ4v) is 4.23. The molecule has 1 fully saturated rings. The van der Waals surface area contributed by atoms with Crippen LogP contribution in [0.5, 0.6) is 0 Å². The highest BCUT2D eigenvalue weighted by Crippen LogP contribution is 2.35. The minimum Gasteiger partial charge on any atom is -0.356 e. The van der Waals surface area contributed by atoms with Gasteiger partial charge in [-0.2, -0.15) is 0 Å². The summed E-state index contributed by atoms with van der Waals surface area (Å²) in [6.07, 6.45) is 8.02. The van der Waals surface area contributed by atoms with Gasteiger partial charge in [0, 0.05) is 25.8 Å². The molecule has 27 heavy (non-hydrogen) atoms. The molecule has 0 aromatic rings. The minimum atomic E-state index is -0.393. The summed E-state index contributed by atoms with van der Waals surface area (Å²) < 4.78 is 0. The minimum absolute atomic E-state index is 0.0543. The van der Waals surface area contributed by atoms with Gasteiger partial charge >= 0.3 is 0 Å². The van der Waals surface area contributed by atoms with Crippen LogP contribution in [0.4, 0.5) is 0 Å². The van der Waals surface area contributed by atoms with E-state index in [0.717, 1.165) is 45.1 Å². The predicted molar refractivity (Wildman–Crippen MR) is 109 cm³/mol. The average Bonchev–Trinajstić information content (AvgIpc) is 2.76. The van der Waals surface area contributed by atoms with Gasteiger partial charge in [-0.05, 0) is 43.9 Å². The average molecular weight is 381 g/mol. The molecule has 0 radical (unpaired) electrons. The summed E-state index contributed by atoms with van der Waals surface area (Å²) in [5.41, 5.74) is 0. The molecule has 3 unspecified atom stereocenters. The Bertz CT molecular complexity index is 490. The number of nitrogens with one attached hydrogen (secondary N) is 2. The van der Waals surface area contributed by atoms with E-state index in [1.54, 1.807) is 6.92 Å². The Morgan fingerprint density at radius 1 is 1.07 bits per heavy atom. The Morgan fingerprint density at radius 2 is 1.78 bits per heavy atom. The number of rotatable bonds is 10. The number of carbonyl (C=O) groups is 3. The molecule has 0 saturated heterocycles. The standard InChI is InChI=1S/C22H40N2O3/c1-15(2)14-23-21(26)12-7-6-9-19-10-8-11-20(16(3)13-19)22(27)17(4)24-18(5)25/h15-17,19-20H,6-14H2,1-5H3,(H,23,26)(H,24,25)/t16?,17?,19-,20?/m1/s1. The molecule has 1 saturated carbocycles. The molecule has 1 rings (SSSR count). The van der Waals surface area contributed by atoms with Crippen molar-refractivity contribution in [3.8, 4) is 0 Å². The van der Waals surface area contributed by atoms with Gasteiger partial charge in [-0.25, -0.2) is 0 Å². The zero-order chi connectivity index (χ0) is 20.4. The highest BCUT2D eigenvalue weighted by molar-refractivity contribution is 5.89. The molecule has 4 atom stereocenters. The van der Waals surface area contributed by atoms with Crippen LogP contribution in [0, 0.1) is 23.7 Å². The lowest BCUT2D eigenvalue weighted by atomic mass is 9.81. The number of ketones is 1. The van der Waals surface area contributed by atoms with Crippen LogP contribution in [0.1, 0.15) is 86.0 Å². The fraction of sp³-hybridized carbons (Fsp3) is 0.864. The predicted octanol–water partition coefficient (Wildman–Crippen LogP) is 3.86. The highest BCUT2D eigenvalue weighted by Gasteiger charge is 2.32. The molecule has 0 aromatic carbocycles. The normalized spacial score (nSPS) is 24.1. The molecule has 1 aliphatic rings. The van der Waals surface area contributed by atoms with Crippen molar-refractivity contribution in [2.24, 2.45) is 23.7 Å². The van der Waals surface area contributed by atoms with Gasteiger partial charge in [0.15, 0.2) is 5.78 Å². The van der Waals surface area contributed by atoms with Crippen LogP contribution >= 0.6 is 0 Å². The van der Waals surface area contributed by atoms with Crippen molar-refractivity contribution in [2.75, 3.05) is 6.54 Å². The maximum absolute atomic E-state index is 12.7. The summed E-state index contributed by atoms with van der Waals surface area (Å²) in [7, 11) is 0. The second-order valence-electron chi connectivity index (χ2n) is 8.88. The van der Waals surface area contributed by atoms with Crippen LogP contribution < -0.4 is 10.6 Å². The molecule has 5 heteroatoms. The second kappa shape index (κ2) is 12.1. The Morgan fingerprint density at radius 3 is 2.41 bits per heavy atom. The Labute approximate surface area is 165 Å². The van der Waals surface area contributed by atoms with Crippen molar-refractivity contribution in [2.45, 2.75) is 92.0 Å². The van der Waals surface area contributed by atoms with Crippen LogP contribution in [-0.4, -0.2) is 30.2 Å². The smallest absolute Gasteiger partial charge is 0.220 e. The van der Waals surface area contributed by atoms with Gasteiger partial charge in [-0.3, -0.25) is 14.4 Å². The third-order valence-electron chi connectivity index (χ3n) is 5.71. The third-order valence-corrected chi connectivity index (χ3v) is 5.71. The van der Waals surface area contributed by atoms with Gasteiger partial charge in [-0.15, -0.1) is 0 Å². The number of hydrogen-bond donors (Lipinski definition) is 2. The van der Waals surface area contributed by atoms with E-state index >= 15 is 0 Å². The van der Waals surface area contributed by atoms with Crippen molar-refractivity contribution in [1.82, 2.24) is 10.6 Å². The SMILES string of the molecule is CC(=O)NC(C)C(=O)C1CCC[C@@H](CCCCC(=O)NCC(C)C)CC1C. The molecular weight excluding hydrogens is 340 g/mol. The van der Waals surface area contributed by atoms with Crippen molar-refractivity contribution in [3.63, 3.8) is 0 Å². The molecule has 0 aromatic heterocycles. The van der Waals surface area contributed by atoms with Gasteiger partial charge in [0.25, 0.3) is 0 Å². The van der Waals surface area contributed by atoms with Crippen LogP contribution in [0.3, 0.4) is 0 Å². The Balaban J connectivity index is 2.35. The van der Waals surface area contributed by atoms with Crippen molar-refractivity contribution in [1.29, 1.82) is 0 Å². The van der Waals surface area contributed by atoms with Crippen molar-refractivity contribution in [3.05, 3.63) is 0 Å². The molecule has 0 aliphatic heterocycles. The number of Topliss-reactive ketones (excluding diaryl/α,β-unsaturated/α-hetero) is 1. The maximum Gasteiger partial charge on any atom is 0.220 e. The van der Waals surface area contributed by atoms with E-state index < -0.39 is 6.04 Å². The Kier molecular flexibility index (Phi) is 10.6. The number of unbranched alkanes of at least 4 members (excludes halogenated alkanes) is 1. The first-order valence-corrected chi connectivity index (χ1v) is 10.8. The zero-order valence-electron chi connectivity index (χ0n) is 18.0. The van der Waals surface area contributed by atoms with Crippen molar-refractivity contribution < 1.29 is 14.4 Å². The monoisotopic (exact) mass is 380 g/mol. The Hall–Kier alpha value is -1.39. The zero-order valence-corrected chi connectivity index (χ0v) is 18.0. The second-order valence-corrected chi connectivity index (χ2v) is 8.88. The third kappa shape index (κ3) is 9.39. The van der Waals surface area contributed by atoms with E-state index in [4.69, 9.17) is 0 Å². The number of amides is 2. The largest absolute Gasteiger partial charge is 0.356 e. The molecule has 0 bridgehead atoms. The van der Waals surface area contributed by atoms with E-state index in [1.807, 2.05) is 0 Å². The lowest BCUT2D eigenvalue weighted by Crippen LogP contribution is -2.41. The van der Waals surface area contributed by atoms with Gasteiger partial charge in [0.05, 0.1) is 6.04 Å². The van der Waals surface area contributed by atoms with Crippen molar-refractivity contribution >= 4 is 17.6 Å². The quantitative estimate of drug-likeness (QED) is 0.446. The lowest BCUT2D eigenvalue weighted by molar-refractivity contribution is -0.130. The number of hydrogen-bond acceptors (Lipinski definition) is 3. The van der Waals surface area contributed by atoms with E-state index in [-0.39, 0.29) is 23.5 Å². The molecule has 156 valence electrons. The summed E-state index contributed by atoms with van der Waals surface area (Å²) in [5, 5.41) is 5.71. The topological polar surface area (TPSA) is 75.3 Å². The van der Waals surface area contributed by atoms with E-state index in [2.05, 4.69) is 31.4 Å². The molecule has 1 aliphatic carbocycles. The van der Waals surface area contributed by atoms with Crippen LogP contribution in [-0.2, 0) is 14.4 Å². The summed E-state index contributed by atoms with van der Waals surface area (Å²) in [5.74, 6) is 1.75.